The standard InChI is InChI=1S/C20H19N3O3/c1-25-17-9-6-15(7-10-17)22-19-11-8-16(13-21-19)23-20(24)14-4-3-5-18(12-14)26-2/h3-13H,1-2H3,(H,21,22)(H,23,24). The fourth-order valence-corrected chi connectivity index (χ4v) is 2.33. The third-order valence-electron chi connectivity index (χ3n) is 3.72. The Kier molecular flexibility index (Phi) is 5.34. The summed E-state index contributed by atoms with van der Waals surface area (Å²) in [6.45, 7) is 0. The van der Waals surface area contributed by atoms with E-state index < -0.39 is 0 Å². The molecule has 1 aromatic heterocycles. The van der Waals surface area contributed by atoms with Crippen LogP contribution in [0.5, 0.6) is 11.5 Å². The van der Waals surface area contributed by atoms with E-state index in [1.165, 1.54) is 0 Å². The molecule has 6 heteroatoms. The van der Waals surface area contributed by atoms with E-state index in [0.29, 0.717) is 22.8 Å². The van der Waals surface area contributed by atoms with Crippen LogP contribution in [0, 0.1) is 0 Å². The third kappa shape index (κ3) is 4.30. The topological polar surface area (TPSA) is 72.5 Å². The first-order valence-electron chi connectivity index (χ1n) is 8.00. The monoisotopic (exact) mass is 349 g/mol. The lowest BCUT2D eigenvalue weighted by Gasteiger charge is -2.09. The Bertz CT molecular complexity index is 878. The molecule has 2 aromatic carbocycles. The van der Waals surface area contributed by atoms with Crippen LogP contribution in [0.15, 0.2) is 66.9 Å². The molecule has 6 nitrogen and oxygen atoms in total. The molecule has 3 aromatic rings. The molecule has 0 aliphatic rings. The molecule has 0 aliphatic carbocycles. The second kappa shape index (κ2) is 8.02. The zero-order chi connectivity index (χ0) is 18.4. The summed E-state index contributed by atoms with van der Waals surface area (Å²) in [6.07, 6.45) is 1.60. The number of nitrogens with zero attached hydrogens (tertiary/aromatic N) is 1. The summed E-state index contributed by atoms with van der Waals surface area (Å²) in [5, 5.41) is 6.00. The number of carbonyl (C=O) groups excluding carboxylic acids is 1. The average Bonchev–Trinajstić information content (AvgIpc) is 2.70. The summed E-state index contributed by atoms with van der Waals surface area (Å²) < 4.78 is 10.3. The van der Waals surface area contributed by atoms with Crippen LogP contribution in [-0.2, 0) is 0 Å². The first-order valence-corrected chi connectivity index (χ1v) is 8.00. The molecule has 0 spiro atoms. The van der Waals surface area contributed by atoms with E-state index >= 15 is 0 Å². The number of rotatable bonds is 6. The zero-order valence-electron chi connectivity index (χ0n) is 14.5. The lowest BCUT2D eigenvalue weighted by Crippen LogP contribution is -2.12. The Morgan fingerprint density at radius 3 is 2.27 bits per heavy atom. The van der Waals surface area contributed by atoms with Gasteiger partial charge in [0.25, 0.3) is 5.91 Å². The fourth-order valence-electron chi connectivity index (χ4n) is 2.33. The molecule has 1 amide bonds. The van der Waals surface area contributed by atoms with Gasteiger partial charge in [-0.2, -0.15) is 0 Å². The molecule has 2 N–H and O–H groups in total. The van der Waals surface area contributed by atoms with Gasteiger partial charge in [0.05, 0.1) is 26.1 Å². The van der Waals surface area contributed by atoms with Crippen molar-refractivity contribution >= 4 is 23.1 Å². The summed E-state index contributed by atoms with van der Waals surface area (Å²) in [5.41, 5.74) is 2.02. The summed E-state index contributed by atoms with van der Waals surface area (Å²) in [6, 6.07) is 18.1. The van der Waals surface area contributed by atoms with Gasteiger partial charge in [-0.15, -0.1) is 0 Å². The number of hydrogen-bond donors (Lipinski definition) is 2. The predicted molar refractivity (Wildman–Crippen MR) is 101 cm³/mol. The minimum atomic E-state index is -0.221. The summed E-state index contributed by atoms with van der Waals surface area (Å²) in [5.74, 6) is 1.88. The molecule has 0 radical (unpaired) electrons. The van der Waals surface area contributed by atoms with Crippen molar-refractivity contribution in [2.45, 2.75) is 0 Å². The quantitative estimate of drug-likeness (QED) is 0.701. The maximum absolute atomic E-state index is 12.3. The van der Waals surface area contributed by atoms with Crippen LogP contribution in [0.3, 0.4) is 0 Å². The number of aromatic nitrogens is 1. The van der Waals surface area contributed by atoms with Crippen molar-refractivity contribution in [3.8, 4) is 11.5 Å². The molecule has 0 atom stereocenters. The number of anilines is 3. The van der Waals surface area contributed by atoms with Crippen LogP contribution in [0.25, 0.3) is 0 Å². The smallest absolute Gasteiger partial charge is 0.255 e. The highest BCUT2D eigenvalue weighted by Crippen LogP contribution is 2.20. The molecule has 132 valence electrons. The predicted octanol–water partition coefficient (Wildman–Crippen LogP) is 4.09. The van der Waals surface area contributed by atoms with Crippen LogP contribution in [0.2, 0.25) is 0 Å². The van der Waals surface area contributed by atoms with Crippen molar-refractivity contribution < 1.29 is 14.3 Å². The van der Waals surface area contributed by atoms with Crippen LogP contribution in [-0.4, -0.2) is 25.1 Å². The van der Waals surface area contributed by atoms with Gasteiger partial charge in [0.1, 0.15) is 17.3 Å². The van der Waals surface area contributed by atoms with Gasteiger partial charge >= 0.3 is 0 Å². The Labute approximate surface area is 151 Å². The van der Waals surface area contributed by atoms with E-state index in [-0.39, 0.29) is 5.91 Å². The van der Waals surface area contributed by atoms with Crippen LogP contribution >= 0.6 is 0 Å². The van der Waals surface area contributed by atoms with Gasteiger partial charge in [-0.3, -0.25) is 4.79 Å². The number of hydrogen-bond acceptors (Lipinski definition) is 5. The molecule has 0 unspecified atom stereocenters. The second-order valence-electron chi connectivity index (χ2n) is 5.47. The van der Waals surface area contributed by atoms with E-state index in [2.05, 4.69) is 15.6 Å². The fraction of sp³-hybridized carbons (Fsp3) is 0.100. The number of carbonyl (C=O) groups is 1. The minimum absolute atomic E-state index is 0.221. The van der Waals surface area contributed by atoms with Crippen molar-refractivity contribution in [1.82, 2.24) is 4.98 Å². The third-order valence-corrected chi connectivity index (χ3v) is 3.72. The number of amides is 1. The Morgan fingerprint density at radius 1 is 0.885 bits per heavy atom. The first kappa shape index (κ1) is 17.3. The number of methoxy groups -OCH3 is 2. The number of pyridine rings is 1. The Balaban J connectivity index is 1.64. The molecular weight excluding hydrogens is 330 g/mol. The lowest BCUT2D eigenvalue weighted by molar-refractivity contribution is 0.102. The summed E-state index contributed by atoms with van der Waals surface area (Å²) >= 11 is 0. The van der Waals surface area contributed by atoms with Crippen molar-refractivity contribution in [2.24, 2.45) is 0 Å². The van der Waals surface area contributed by atoms with E-state index in [1.807, 2.05) is 24.3 Å². The SMILES string of the molecule is COc1ccc(Nc2ccc(NC(=O)c3cccc(OC)c3)cn2)cc1. The molecule has 0 bridgehead atoms. The van der Waals surface area contributed by atoms with Gasteiger partial charge in [0.2, 0.25) is 0 Å². The van der Waals surface area contributed by atoms with Gasteiger partial charge in [-0.05, 0) is 54.6 Å². The summed E-state index contributed by atoms with van der Waals surface area (Å²) in [4.78, 5) is 16.6. The highest BCUT2D eigenvalue weighted by molar-refractivity contribution is 6.04. The van der Waals surface area contributed by atoms with Crippen LogP contribution in [0.4, 0.5) is 17.2 Å². The highest BCUT2D eigenvalue weighted by Gasteiger charge is 2.07. The molecule has 0 saturated heterocycles. The van der Waals surface area contributed by atoms with Gasteiger partial charge in [-0.25, -0.2) is 4.98 Å². The van der Waals surface area contributed by atoms with Gasteiger partial charge in [-0.1, -0.05) is 6.07 Å². The van der Waals surface area contributed by atoms with Gasteiger partial charge in [0.15, 0.2) is 0 Å². The zero-order valence-corrected chi connectivity index (χ0v) is 14.5. The average molecular weight is 349 g/mol. The lowest BCUT2D eigenvalue weighted by atomic mass is 10.2. The molecule has 26 heavy (non-hydrogen) atoms. The van der Waals surface area contributed by atoms with Crippen molar-refractivity contribution in [2.75, 3.05) is 24.9 Å². The number of benzene rings is 2. The van der Waals surface area contributed by atoms with Gasteiger partial charge < -0.3 is 20.1 Å². The molecule has 0 saturated carbocycles. The molecular formula is C20H19N3O3. The summed E-state index contributed by atoms with van der Waals surface area (Å²) in [7, 11) is 3.19. The Morgan fingerprint density at radius 2 is 1.62 bits per heavy atom. The Hall–Kier alpha value is -3.54. The molecule has 3 rings (SSSR count). The largest absolute Gasteiger partial charge is 0.497 e. The van der Waals surface area contributed by atoms with Crippen LogP contribution < -0.4 is 20.1 Å². The van der Waals surface area contributed by atoms with Crippen molar-refractivity contribution in [1.29, 1.82) is 0 Å². The second-order valence-corrected chi connectivity index (χ2v) is 5.47. The molecule has 1 heterocycles. The number of ether oxygens (including phenoxy) is 2. The number of nitrogens with one attached hydrogen (secondary N) is 2. The highest BCUT2D eigenvalue weighted by atomic mass is 16.5. The molecule has 0 aliphatic heterocycles. The van der Waals surface area contributed by atoms with E-state index in [1.54, 1.807) is 56.8 Å². The van der Waals surface area contributed by atoms with Gasteiger partial charge in [0, 0.05) is 11.3 Å². The van der Waals surface area contributed by atoms with E-state index in [0.717, 1.165) is 11.4 Å². The normalized spacial score (nSPS) is 10.1. The van der Waals surface area contributed by atoms with Crippen molar-refractivity contribution in [3.05, 3.63) is 72.4 Å². The van der Waals surface area contributed by atoms with E-state index in [4.69, 9.17) is 9.47 Å². The van der Waals surface area contributed by atoms with Crippen molar-refractivity contribution in [3.63, 3.8) is 0 Å². The first-order chi connectivity index (χ1) is 12.7. The minimum Gasteiger partial charge on any atom is -0.497 e. The molecule has 0 fully saturated rings. The maximum atomic E-state index is 12.3. The maximum Gasteiger partial charge on any atom is 0.255 e. The van der Waals surface area contributed by atoms with Crippen LogP contribution in [0.1, 0.15) is 10.4 Å². The van der Waals surface area contributed by atoms with E-state index in [9.17, 15) is 4.79 Å².